The highest BCUT2D eigenvalue weighted by Crippen LogP contribution is 2.13. The Hall–Kier alpha value is -0.0800. The van der Waals surface area contributed by atoms with Crippen molar-refractivity contribution >= 4 is 18.1 Å². The van der Waals surface area contributed by atoms with Gasteiger partial charge in [-0.05, 0) is 38.3 Å². The zero-order chi connectivity index (χ0) is 8.10. The molecule has 0 aromatic carbocycles. The Morgan fingerprint density at radius 3 is 2.83 bits per heavy atom. The third-order valence-corrected chi connectivity index (χ3v) is 2.25. The van der Waals surface area contributed by atoms with Crippen LogP contribution in [0.15, 0.2) is 0 Å². The van der Waals surface area contributed by atoms with Crippen molar-refractivity contribution in [1.82, 2.24) is 5.32 Å². The topological polar surface area (TPSA) is 35.9 Å². The van der Waals surface area contributed by atoms with Crippen LogP contribution in [0.5, 0.6) is 0 Å². The van der Waals surface area contributed by atoms with Crippen molar-refractivity contribution < 1.29 is 0 Å². The average Bonchev–Trinajstić information content (AvgIpc) is 2.40. The smallest absolute Gasteiger partial charge is 0.00923 e. The Bertz CT molecular complexity index is 130. The highest BCUT2D eigenvalue weighted by atomic mass is 35.5. The molecule has 2 nitrogen and oxygen atoms in total. The van der Waals surface area contributed by atoms with E-state index >= 15 is 0 Å². The van der Waals surface area contributed by atoms with E-state index in [2.05, 4.69) is 12.2 Å². The van der Waals surface area contributed by atoms with E-state index in [1.807, 2.05) is 0 Å². The first-order chi connectivity index (χ1) is 5.33. The molecule has 0 radical (unpaired) electrons. The average molecular weight is 191 g/mol. The molecular formula is C9H19ClN2. The normalized spacial score (nSPS) is 21.9. The van der Waals surface area contributed by atoms with E-state index in [4.69, 9.17) is 5.41 Å². The maximum Gasteiger partial charge on any atom is 0.00923 e. The highest BCUT2D eigenvalue weighted by molar-refractivity contribution is 5.85. The van der Waals surface area contributed by atoms with E-state index in [0.717, 1.165) is 44.0 Å². The van der Waals surface area contributed by atoms with Crippen molar-refractivity contribution in [2.24, 2.45) is 5.92 Å². The van der Waals surface area contributed by atoms with E-state index in [-0.39, 0.29) is 12.4 Å². The molecule has 72 valence electrons. The van der Waals surface area contributed by atoms with Crippen molar-refractivity contribution in [2.45, 2.75) is 32.6 Å². The molecule has 3 heteroatoms. The van der Waals surface area contributed by atoms with Gasteiger partial charge in [0.25, 0.3) is 0 Å². The second kappa shape index (κ2) is 6.44. The summed E-state index contributed by atoms with van der Waals surface area (Å²) in [7, 11) is 0. The fourth-order valence-electron chi connectivity index (χ4n) is 1.64. The summed E-state index contributed by atoms with van der Waals surface area (Å²) in [6.45, 7) is 4.43. The van der Waals surface area contributed by atoms with Crippen LogP contribution in [0.2, 0.25) is 0 Å². The first kappa shape index (κ1) is 11.9. The van der Waals surface area contributed by atoms with Gasteiger partial charge in [-0.1, -0.05) is 13.3 Å². The lowest BCUT2D eigenvalue weighted by Gasteiger charge is -2.07. The quantitative estimate of drug-likeness (QED) is 0.656. The van der Waals surface area contributed by atoms with E-state index < -0.39 is 0 Å². The van der Waals surface area contributed by atoms with Gasteiger partial charge in [-0.15, -0.1) is 12.4 Å². The molecule has 0 aromatic rings. The van der Waals surface area contributed by atoms with Gasteiger partial charge in [-0.2, -0.15) is 0 Å². The molecule has 1 saturated heterocycles. The van der Waals surface area contributed by atoms with Crippen molar-refractivity contribution in [3.63, 3.8) is 0 Å². The summed E-state index contributed by atoms with van der Waals surface area (Å²) < 4.78 is 0. The molecule has 0 aromatic heterocycles. The van der Waals surface area contributed by atoms with Gasteiger partial charge in [0.1, 0.15) is 0 Å². The molecular weight excluding hydrogens is 172 g/mol. The largest absolute Gasteiger partial charge is 0.316 e. The lowest BCUT2D eigenvalue weighted by atomic mass is 9.99. The molecule has 2 N–H and O–H groups in total. The zero-order valence-corrected chi connectivity index (χ0v) is 8.54. The highest BCUT2D eigenvalue weighted by Gasteiger charge is 2.15. The molecule has 0 spiro atoms. The Balaban J connectivity index is 0.00000121. The van der Waals surface area contributed by atoms with Gasteiger partial charge in [0.2, 0.25) is 0 Å². The molecule has 0 amide bonds. The molecule has 1 aliphatic rings. The van der Waals surface area contributed by atoms with E-state index in [0.29, 0.717) is 0 Å². The Morgan fingerprint density at radius 2 is 2.33 bits per heavy atom. The standard InChI is InChI=1S/C9H18N2.ClH/c1-2-3-9(10)6-8-4-5-11-7-8;/h8,10-11H,2-7H2,1H3;1H/t8-;/m0./s1. The van der Waals surface area contributed by atoms with Crippen LogP contribution in [-0.4, -0.2) is 18.8 Å². The first-order valence-corrected chi connectivity index (χ1v) is 4.60. The first-order valence-electron chi connectivity index (χ1n) is 4.60. The summed E-state index contributed by atoms with van der Waals surface area (Å²) in [5, 5.41) is 10.9. The Kier molecular flexibility index (Phi) is 6.39. The van der Waals surface area contributed by atoms with Gasteiger partial charge in [-0.3, -0.25) is 0 Å². The predicted octanol–water partition coefficient (Wildman–Crippen LogP) is 2.23. The van der Waals surface area contributed by atoms with Crippen LogP contribution >= 0.6 is 12.4 Å². The molecule has 1 fully saturated rings. The fraction of sp³-hybridized carbons (Fsp3) is 0.889. The number of halogens is 1. The minimum Gasteiger partial charge on any atom is -0.316 e. The Labute approximate surface area is 81.0 Å². The Morgan fingerprint density at radius 1 is 1.58 bits per heavy atom. The monoisotopic (exact) mass is 190 g/mol. The van der Waals surface area contributed by atoms with Crippen LogP contribution in [0.4, 0.5) is 0 Å². The molecule has 0 unspecified atom stereocenters. The second-order valence-corrected chi connectivity index (χ2v) is 3.42. The summed E-state index contributed by atoms with van der Waals surface area (Å²) in [6.07, 6.45) is 4.42. The van der Waals surface area contributed by atoms with E-state index in [9.17, 15) is 0 Å². The summed E-state index contributed by atoms with van der Waals surface area (Å²) in [4.78, 5) is 0. The molecule has 1 aliphatic heterocycles. The SMILES string of the molecule is CCCC(=N)C[C@@H]1CCNC1.Cl. The van der Waals surface area contributed by atoms with Gasteiger partial charge in [0.05, 0.1) is 0 Å². The third kappa shape index (κ3) is 4.07. The summed E-state index contributed by atoms with van der Waals surface area (Å²) >= 11 is 0. The lowest BCUT2D eigenvalue weighted by molar-refractivity contribution is 0.602. The van der Waals surface area contributed by atoms with Crippen molar-refractivity contribution in [2.75, 3.05) is 13.1 Å². The van der Waals surface area contributed by atoms with Crippen LogP contribution in [0, 0.1) is 11.3 Å². The molecule has 0 saturated carbocycles. The third-order valence-electron chi connectivity index (χ3n) is 2.25. The summed E-state index contributed by atoms with van der Waals surface area (Å²) in [5.41, 5.74) is 0.946. The molecule has 1 heterocycles. The summed E-state index contributed by atoms with van der Waals surface area (Å²) in [6, 6.07) is 0. The van der Waals surface area contributed by atoms with Crippen LogP contribution in [0.1, 0.15) is 32.6 Å². The molecule has 1 atom stereocenters. The van der Waals surface area contributed by atoms with Crippen molar-refractivity contribution in [1.29, 1.82) is 5.41 Å². The van der Waals surface area contributed by atoms with Gasteiger partial charge < -0.3 is 10.7 Å². The maximum atomic E-state index is 7.63. The van der Waals surface area contributed by atoms with Crippen LogP contribution < -0.4 is 5.32 Å². The minimum atomic E-state index is 0. The van der Waals surface area contributed by atoms with Gasteiger partial charge >= 0.3 is 0 Å². The lowest BCUT2D eigenvalue weighted by Crippen LogP contribution is -2.12. The summed E-state index contributed by atoms with van der Waals surface area (Å²) in [5.74, 6) is 0.758. The number of rotatable bonds is 4. The maximum absolute atomic E-state index is 7.63. The van der Waals surface area contributed by atoms with Crippen LogP contribution in [0.25, 0.3) is 0 Å². The van der Waals surface area contributed by atoms with Crippen molar-refractivity contribution in [3.8, 4) is 0 Å². The fourth-order valence-corrected chi connectivity index (χ4v) is 1.64. The van der Waals surface area contributed by atoms with Crippen LogP contribution in [0.3, 0.4) is 0 Å². The number of hydrogen-bond acceptors (Lipinski definition) is 2. The molecule has 1 rings (SSSR count). The minimum absolute atomic E-state index is 0. The molecule has 0 aliphatic carbocycles. The number of hydrogen-bond donors (Lipinski definition) is 2. The second-order valence-electron chi connectivity index (χ2n) is 3.42. The zero-order valence-electron chi connectivity index (χ0n) is 7.73. The van der Waals surface area contributed by atoms with Gasteiger partial charge in [-0.25, -0.2) is 0 Å². The van der Waals surface area contributed by atoms with Crippen molar-refractivity contribution in [3.05, 3.63) is 0 Å². The van der Waals surface area contributed by atoms with Gasteiger partial charge in [0.15, 0.2) is 0 Å². The predicted molar refractivity (Wildman–Crippen MR) is 55.5 cm³/mol. The number of nitrogens with one attached hydrogen (secondary N) is 2. The van der Waals surface area contributed by atoms with E-state index in [1.54, 1.807) is 0 Å². The molecule has 0 bridgehead atoms. The van der Waals surface area contributed by atoms with Crippen LogP contribution in [-0.2, 0) is 0 Å². The van der Waals surface area contributed by atoms with Gasteiger partial charge in [0, 0.05) is 5.71 Å². The van der Waals surface area contributed by atoms with E-state index in [1.165, 1.54) is 6.42 Å². The molecule has 12 heavy (non-hydrogen) atoms.